The van der Waals surface area contributed by atoms with Crippen molar-refractivity contribution in [2.45, 2.75) is 12.5 Å². The van der Waals surface area contributed by atoms with Gasteiger partial charge in [0.2, 0.25) is 5.91 Å². The maximum Gasteiger partial charge on any atom is 0.249 e. The third-order valence-electron chi connectivity index (χ3n) is 1.97. The number of aromatic nitrogens is 2. The predicted octanol–water partition coefficient (Wildman–Crippen LogP) is -0.533. The van der Waals surface area contributed by atoms with Gasteiger partial charge in [0, 0.05) is 24.9 Å². The molecular weight excluding hydrogens is 170 g/mol. The van der Waals surface area contributed by atoms with Crippen LogP contribution >= 0.6 is 0 Å². The van der Waals surface area contributed by atoms with Gasteiger partial charge in [-0.3, -0.25) is 4.79 Å². The van der Waals surface area contributed by atoms with Gasteiger partial charge in [-0.15, -0.1) is 0 Å². The molecule has 2 rings (SSSR count). The van der Waals surface area contributed by atoms with Gasteiger partial charge in [0.1, 0.15) is 6.10 Å². The lowest BCUT2D eigenvalue weighted by Crippen LogP contribution is -2.45. The molecule has 1 unspecified atom stereocenters. The van der Waals surface area contributed by atoms with Crippen LogP contribution in [0.5, 0.6) is 0 Å². The second-order valence-corrected chi connectivity index (χ2v) is 2.93. The first-order chi connectivity index (χ1) is 6.36. The van der Waals surface area contributed by atoms with E-state index in [9.17, 15) is 4.79 Å². The Morgan fingerprint density at radius 1 is 1.69 bits per heavy atom. The molecule has 0 saturated carbocycles. The van der Waals surface area contributed by atoms with Crippen molar-refractivity contribution in [3.8, 4) is 0 Å². The standard InChI is InChI=1S/C8H11N3O2/c12-8-7(13-2-1-10-8)3-6-4-9-5-11-6/h4-5,7H,1-3H2,(H,9,11)(H,10,12). The van der Waals surface area contributed by atoms with Crippen LogP contribution in [0.25, 0.3) is 0 Å². The molecule has 0 aromatic carbocycles. The number of aromatic amines is 1. The molecule has 1 saturated heterocycles. The first kappa shape index (κ1) is 8.25. The van der Waals surface area contributed by atoms with Gasteiger partial charge < -0.3 is 15.0 Å². The maximum absolute atomic E-state index is 11.3. The largest absolute Gasteiger partial charge is 0.366 e. The zero-order valence-electron chi connectivity index (χ0n) is 7.12. The molecule has 0 radical (unpaired) electrons. The van der Waals surface area contributed by atoms with Crippen LogP contribution in [0.2, 0.25) is 0 Å². The number of rotatable bonds is 2. The highest BCUT2D eigenvalue weighted by Gasteiger charge is 2.23. The van der Waals surface area contributed by atoms with Crippen LogP contribution < -0.4 is 5.32 Å². The number of nitrogens with one attached hydrogen (secondary N) is 2. The molecule has 0 aliphatic carbocycles. The summed E-state index contributed by atoms with van der Waals surface area (Å²) in [5, 5.41) is 2.75. The molecule has 1 aromatic heterocycles. The van der Waals surface area contributed by atoms with E-state index in [4.69, 9.17) is 4.74 Å². The number of H-pyrrole nitrogens is 1. The molecular formula is C8H11N3O2. The van der Waals surface area contributed by atoms with Crippen LogP contribution in [0.4, 0.5) is 0 Å². The maximum atomic E-state index is 11.3. The molecule has 5 nitrogen and oxygen atoms in total. The van der Waals surface area contributed by atoms with Crippen molar-refractivity contribution in [3.63, 3.8) is 0 Å². The van der Waals surface area contributed by atoms with E-state index in [0.29, 0.717) is 19.6 Å². The summed E-state index contributed by atoms with van der Waals surface area (Å²) < 4.78 is 5.30. The highest BCUT2D eigenvalue weighted by molar-refractivity contribution is 5.81. The van der Waals surface area contributed by atoms with Crippen LogP contribution in [-0.2, 0) is 16.0 Å². The van der Waals surface area contributed by atoms with Crippen molar-refractivity contribution in [2.24, 2.45) is 0 Å². The number of hydrogen-bond donors (Lipinski definition) is 2. The first-order valence-electron chi connectivity index (χ1n) is 4.23. The van der Waals surface area contributed by atoms with Crippen molar-refractivity contribution in [3.05, 3.63) is 18.2 Å². The Hall–Kier alpha value is -1.36. The molecule has 70 valence electrons. The summed E-state index contributed by atoms with van der Waals surface area (Å²) in [6.07, 6.45) is 3.49. The molecule has 1 aromatic rings. The Bertz CT molecular complexity index is 284. The van der Waals surface area contributed by atoms with E-state index in [1.807, 2.05) is 0 Å². The molecule has 1 amide bonds. The average molecular weight is 181 g/mol. The Kier molecular flexibility index (Phi) is 2.27. The van der Waals surface area contributed by atoms with Crippen molar-refractivity contribution in [2.75, 3.05) is 13.2 Å². The van der Waals surface area contributed by atoms with Gasteiger partial charge in [0.15, 0.2) is 0 Å². The zero-order chi connectivity index (χ0) is 9.10. The minimum atomic E-state index is -0.366. The molecule has 1 aliphatic rings. The van der Waals surface area contributed by atoms with E-state index < -0.39 is 0 Å². The van der Waals surface area contributed by atoms with Gasteiger partial charge in [0.05, 0.1) is 12.9 Å². The van der Waals surface area contributed by atoms with Gasteiger partial charge in [-0.1, -0.05) is 0 Å². The Labute approximate surface area is 75.5 Å². The number of ether oxygens (including phenoxy) is 1. The number of hydrogen-bond acceptors (Lipinski definition) is 3. The van der Waals surface area contributed by atoms with Gasteiger partial charge in [0.25, 0.3) is 0 Å². The average Bonchev–Trinajstić information content (AvgIpc) is 2.61. The van der Waals surface area contributed by atoms with Gasteiger partial charge in [-0.05, 0) is 0 Å². The van der Waals surface area contributed by atoms with E-state index in [1.165, 1.54) is 0 Å². The summed E-state index contributed by atoms with van der Waals surface area (Å²) in [6, 6.07) is 0. The van der Waals surface area contributed by atoms with Crippen LogP contribution in [0, 0.1) is 0 Å². The lowest BCUT2D eigenvalue weighted by atomic mass is 10.2. The van der Waals surface area contributed by atoms with Crippen molar-refractivity contribution in [1.29, 1.82) is 0 Å². The molecule has 5 heteroatoms. The zero-order valence-corrected chi connectivity index (χ0v) is 7.12. The van der Waals surface area contributed by atoms with E-state index >= 15 is 0 Å². The lowest BCUT2D eigenvalue weighted by molar-refractivity contribution is -0.137. The molecule has 0 bridgehead atoms. The molecule has 2 heterocycles. The third kappa shape index (κ3) is 1.86. The summed E-state index contributed by atoms with van der Waals surface area (Å²) in [5.41, 5.74) is 0.919. The number of carbonyl (C=O) groups is 1. The second kappa shape index (κ2) is 3.57. The summed E-state index contributed by atoms with van der Waals surface area (Å²) in [5.74, 6) is -0.0409. The fraction of sp³-hybridized carbons (Fsp3) is 0.500. The van der Waals surface area contributed by atoms with Crippen LogP contribution in [-0.4, -0.2) is 35.1 Å². The summed E-state index contributed by atoms with van der Waals surface area (Å²) in [6.45, 7) is 1.20. The van der Waals surface area contributed by atoms with E-state index in [0.717, 1.165) is 5.69 Å². The van der Waals surface area contributed by atoms with Crippen molar-refractivity contribution in [1.82, 2.24) is 15.3 Å². The number of morpholine rings is 1. The van der Waals surface area contributed by atoms with E-state index in [1.54, 1.807) is 12.5 Å². The minimum Gasteiger partial charge on any atom is -0.366 e. The van der Waals surface area contributed by atoms with Crippen molar-refractivity contribution < 1.29 is 9.53 Å². The number of carbonyl (C=O) groups excluding carboxylic acids is 1. The third-order valence-corrected chi connectivity index (χ3v) is 1.97. The molecule has 1 atom stereocenters. The van der Waals surface area contributed by atoms with E-state index in [2.05, 4.69) is 15.3 Å². The Balaban J connectivity index is 1.97. The summed E-state index contributed by atoms with van der Waals surface area (Å²) in [4.78, 5) is 18.1. The number of nitrogens with zero attached hydrogens (tertiary/aromatic N) is 1. The number of amides is 1. The lowest BCUT2D eigenvalue weighted by Gasteiger charge is -2.21. The highest BCUT2D eigenvalue weighted by Crippen LogP contribution is 2.05. The Morgan fingerprint density at radius 2 is 2.62 bits per heavy atom. The molecule has 2 N–H and O–H groups in total. The smallest absolute Gasteiger partial charge is 0.249 e. The Morgan fingerprint density at radius 3 is 3.31 bits per heavy atom. The van der Waals surface area contributed by atoms with E-state index in [-0.39, 0.29) is 12.0 Å². The molecule has 1 fully saturated rings. The summed E-state index contributed by atoms with van der Waals surface area (Å²) >= 11 is 0. The minimum absolute atomic E-state index is 0.0409. The van der Waals surface area contributed by atoms with Gasteiger partial charge >= 0.3 is 0 Å². The predicted molar refractivity (Wildman–Crippen MR) is 45.0 cm³/mol. The topological polar surface area (TPSA) is 67.0 Å². The fourth-order valence-electron chi connectivity index (χ4n) is 1.31. The normalized spacial score (nSPS) is 22.8. The quantitative estimate of drug-likeness (QED) is 0.644. The molecule has 1 aliphatic heterocycles. The van der Waals surface area contributed by atoms with Crippen LogP contribution in [0.3, 0.4) is 0 Å². The highest BCUT2D eigenvalue weighted by atomic mass is 16.5. The molecule has 0 spiro atoms. The fourth-order valence-corrected chi connectivity index (χ4v) is 1.31. The van der Waals surface area contributed by atoms with Gasteiger partial charge in [-0.25, -0.2) is 4.98 Å². The monoisotopic (exact) mass is 181 g/mol. The van der Waals surface area contributed by atoms with Gasteiger partial charge in [-0.2, -0.15) is 0 Å². The number of imidazole rings is 1. The summed E-state index contributed by atoms with van der Waals surface area (Å²) in [7, 11) is 0. The van der Waals surface area contributed by atoms with Crippen LogP contribution in [0.15, 0.2) is 12.5 Å². The molecule has 13 heavy (non-hydrogen) atoms. The van der Waals surface area contributed by atoms with Crippen LogP contribution in [0.1, 0.15) is 5.69 Å². The SMILES string of the molecule is O=C1NCCOC1Cc1cnc[nH]1. The second-order valence-electron chi connectivity index (χ2n) is 2.93. The first-order valence-corrected chi connectivity index (χ1v) is 4.23. The van der Waals surface area contributed by atoms with Crippen molar-refractivity contribution >= 4 is 5.91 Å².